The van der Waals surface area contributed by atoms with Gasteiger partial charge in [-0.05, 0) is 17.7 Å². The normalized spacial score (nSPS) is 12.5. The van der Waals surface area contributed by atoms with Crippen LogP contribution in [0.4, 0.5) is 13.2 Å². The molecule has 10 heteroatoms. The second kappa shape index (κ2) is 6.45. The van der Waals surface area contributed by atoms with Gasteiger partial charge in [0.25, 0.3) is 0 Å². The third kappa shape index (κ3) is 3.32. The Hall–Kier alpha value is -2.75. The smallest absolute Gasteiger partial charge is 0.324 e. The maximum absolute atomic E-state index is 12.9. The van der Waals surface area contributed by atoms with Crippen molar-refractivity contribution in [2.45, 2.75) is 18.0 Å². The van der Waals surface area contributed by atoms with Gasteiger partial charge in [0.15, 0.2) is 15.7 Å². The van der Waals surface area contributed by atoms with Crippen LogP contribution >= 0.6 is 0 Å². The number of sulfone groups is 1. The summed E-state index contributed by atoms with van der Waals surface area (Å²) in [6, 6.07) is 2.25. The quantitative estimate of drug-likeness (QED) is 0.675. The average molecular weight is 396 g/mol. The molecule has 6 nitrogen and oxygen atoms in total. The van der Waals surface area contributed by atoms with Gasteiger partial charge in [0.2, 0.25) is 0 Å². The Balaban J connectivity index is 2.30. The monoisotopic (exact) mass is 396 g/mol. The van der Waals surface area contributed by atoms with Gasteiger partial charge < -0.3 is 4.57 Å². The SMILES string of the molecule is C=Cc1cnc(-c2nc3cc(C(F)(F)F)ncc3n2C)c(S(=O)(=O)CC)c1. The highest BCUT2D eigenvalue weighted by atomic mass is 32.2. The van der Waals surface area contributed by atoms with Crippen molar-refractivity contribution in [2.24, 2.45) is 7.05 Å². The molecule has 0 radical (unpaired) electrons. The van der Waals surface area contributed by atoms with Gasteiger partial charge in [-0.15, -0.1) is 0 Å². The van der Waals surface area contributed by atoms with Gasteiger partial charge in [0.05, 0.1) is 27.9 Å². The molecule has 3 aromatic heterocycles. The van der Waals surface area contributed by atoms with Crippen molar-refractivity contribution in [1.82, 2.24) is 19.5 Å². The molecule has 0 bridgehead atoms. The van der Waals surface area contributed by atoms with Crippen LogP contribution < -0.4 is 0 Å². The van der Waals surface area contributed by atoms with Crippen molar-refractivity contribution in [3.05, 3.63) is 42.4 Å². The van der Waals surface area contributed by atoms with Crippen LogP contribution in [-0.4, -0.2) is 33.7 Å². The number of hydrogen-bond donors (Lipinski definition) is 0. The van der Waals surface area contributed by atoms with E-state index >= 15 is 0 Å². The Morgan fingerprint density at radius 3 is 2.52 bits per heavy atom. The van der Waals surface area contributed by atoms with E-state index in [9.17, 15) is 21.6 Å². The number of fused-ring (bicyclic) bond motifs is 1. The molecule has 0 saturated carbocycles. The van der Waals surface area contributed by atoms with Crippen LogP contribution in [0.25, 0.3) is 28.6 Å². The van der Waals surface area contributed by atoms with Crippen LogP contribution in [0.15, 0.2) is 36.0 Å². The molecule has 0 fully saturated rings. The predicted octanol–water partition coefficient (Wildman–Crippen LogP) is 3.49. The molecule has 0 N–H and O–H groups in total. The number of imidazole rings is 1. The lowest BCUT2D eigenvalue weighted by Crippen LogP contribution is -2.09. The third-order valence-corrected chi connectivity index (χ3v) is 5.84. The zero-order valence-electron chi connectivity index (χ0n) is 14.4. The van der Waals surface area contributed by atoms with Crippen molar-refractivity contribution in [3.8, 4) is 11.5 Å². The predicted molar refractivity (Wildman–Crippen MR) is 94.6 cm³/mol. The fourth-order valence-corrected chi connectivity index (χ4v) is 3.65. The summed E-state index contributed by atoms with van der Waals surface area (Å²) in [5, 5.41) is 0. The maximum Gasteiger partial charge on any atom is 0.433 e. The number of pyridine rings is 2. The lowest BCUT2D eigenvalue weighted by Gasteiger charge is -2.09. The fraction of sp³-hybridized carbons (Fsp3) is 0.235. The van der Waals surface area contributed by atoms with Gasteiger partial charge in [-0.25, -0.2) is 18.4 Å². The number of halogens is 3. The van der Waals surface area contributed by atoms with Crippen molar-refractivity contribution >= 4 is 26.9 Å². The molecule has 0 atom stereocenters. The van der Waals surface area contributed by atoms with Crippen molar-refractivity contribution in [2.75, 3.05) is 5.75 Å². The highest BCUT2D eigenvalue weighted by Gasteiger charge is 2.33. The van der Waals surface area contributed by atoms with Crippen LogP contribution in [0.1, 0.15) is 18.2 Å². The van der Waals surface area contributed by atoms with Gasteiger partial charge in [-0.3, -0.25) is 4.98 Å². The van der Waals surface area contributed by atoms with E-state index in [0.29, 0.717) is 11.1 Å². The molecule has 0 aliphatic carbocycles. The Bertz CT molecular complexity index is 1150. The molecule has 0 amide bonds. The number of nitrogens with zero attached hydrogens (tertiary/aromatic N) is 4. The number of rotatable bonds is 4. The number of aromatic nitrogens is 4. The largest absolute Gasteiger partial charge is 0.433 e. The minimum Gasteiger partial charge on any atom is -0.324 e. The highest BCUT2D eigenvalue weighted by molar-refractivity contribution is 7.91. The summed E-state index contributed by atoms with van der Waals surface area (Å²) in [7, 11) is -2.09. The Labute approximate surface area is 153 Å². The Morgan fingerprint density at radius 2 is 1.93 bits per heavy atom. The molecular weight excluding hydrogens is 381 g/mol. The summed E-state index contributed by atoms with van der Waals surface area (Å²) in [6.45, 7) is 5.09. The third-order valence-electron chi connectivity index (χ3n) is 4.09. The van der Waals surface area contributed by atoms with Gasteiger partial charge in [0, 0.05) is 13.2 Å². The number of alkyl halides is 3. The molecular formula is C17H15F3N4O2S. The molecule has 3 aromatic rings. The molecule has 142 valence electrons. The highest BCUT2D eigenvalue weighted by Crippen LogP contribution is 2.32. The number of hydrogen-bond acceptors (Lipinski definition) is 5. The summed E-state index contributed by atoms with van der Waals surface area (Å²) in [5.74, 6) is -0.0276. The van der Waals surface area contributed by atoms with E-state index in [2.05, 4.69) is 21.5 Å². The first-order valence-electron chi connectivity index (χ1n) is 7.83. The fourth-order valence-electron chi connectivity index (χ4n) is 2.59. The Kier molecular flexibility index (Phi) is 4.54. The Morgan fingerprint density at radius 1 is 1.22 bits per heavy atom. The molecule has 0 aliphatic rings. The van der Waals surface area contributed by atoms with Crippen molar-refractivity contribution in [3.63, 3.8) is 0 Å². The standard InChI is InChI=1S/C17H15F3N4O2S/c1-4-10-6-13(27(25,26)5-2)15(22-8-10)16-23-11-7-14(17(18,19)20)21-9-12(11)24(16)3/h4,6-9H,1,5H2,2-3H3. The van der Waals surface area contributed by atoms with Crippen LogP contribution in [-0.2, 0) is 23.1 Å². The zero-order chi connectivity index (χ0) is 20.0. The first-order valence-corrected chi connectivity index (χ1v) is 9.49. The summed E-state index contributed by atoms with van der Waals surface area (Å²) in [6.07, 6.45) is -0.664. The first kappa shape index (κ1) is 19.0. The minimum absolute atomic E-state index is 0.0456. The molecule has 0 unspecified atom stereocenters. The van der Waals surface area contributed by atoms with Gasteiger partial charge in [0.1, 0.15) is 11.4 Å². The first-order chi connectivity index (χ1) is 12.6. The molecule has 3 rings (SSSR count). The topological polar surface area (TPSA) is 77.7 Å². The van der Waals surface area contributed by atoms with E-state index in [1.165, 1.54) is 29.8 Å². The van der Waals surface area contributed by atoms with E-state index in [-0.39, 0.29) is 27.7 Å². The van der Waals surface area contributed by atoms with Crippen LogP contribution in [0.3, 0.4) is 0 Å². The van der Waals surface area contributed by atoms with E-state index < -0.39 is 21.7 Å². The molecule has 0 aliphatic heterocycles. The summed E-state index contributed by atoms with van der Waals surface area (Å²) in [4.78, 5) is 11.7. The molecule has 0 aromatic carbocycles. The van der Waals surface area contributed by atoms with Crippen molar-refractivity contribution in [1.29, 1.82) is 0 Å². The molecule has 0 saturated heterocycles. The van der Waals surface area contributed by atoms with Gasteiger partial charge in [-0.1, -0.05) is 19.6 Å². The van der Waals surface area contributed by atoms with Gasteiger partial charge >= 0.3 is 6.18 Å². The average Bonchev–Trinajstić information content (AvgIpc) is 2.96. The van der Waals surface area contributed by atoms with Gasteiger partial charge in [-0.2, -0.15) is 13.2 Å². The second-order valence-electron chi connectivity index (χ2n) is 5.77. The van der Waals surface area contributed by atoms with E-state index in [1.54, 1.807) is 7.05 Å². The molecule has 27 heavy (non-hydrogen) atoms. The lowest BCUT2D eigenvalue weighted by atomic mass is 10.2. The van der Waals surface area contributed by atoms with Crippen LogP contribution in [0.2, 0.25) is 0 Å². The molecule has 0 spiro atoms. The van der Waals surface area contributed by atoms with Crippen LogP contribution in [0, 0.1) is 0 Å². The summed E-state index contributed by atoms with van der Waals surface area (Å²) < 4.78 is 65.2. The lowest BCUT2D eigenvalue weighted by molar-refractivity contribution is -0.141. The zero-order valence-corrected chi connectivity index (χ0v) is 15.3. The summed E-state index contributed by atoms with van der Waals surface area (Å²) in [5.41, 5.74) is -0.131. The van der Waals surface area contributed by atoms with Crippen LogP contribution in [0.5, 0.6) is 0 Å². The maximum atomic E-state index is 12.9. The summed E-state index contributed by atoms with van der Waals surface area (Å²) >= 11 is 0. The second-order valence-corrected chi connectivity index (χ2v) is 8.02. The minimum atomic E-state index is -4.60. The number of aryl methyl sites for hydroxylation is 1. The van der Waals surface area contributed by atoms with Crippen molar-refractivity contribution < 1.29 is 21.6 Å². The van der Waals surface area contributed by atoms with E-state index in [4.69, 9.17) is 0 Å². The van der Waals surface area contributed by atoms with E-state index in [0.717, 1.165) is 12.3 Å². The van der Waals surface area contributed by atoms with E-state index in [1.807, 2.05) is 0 Å². The molecule has 3 heterocycles.